The Hall–Kier alpha value is -0.900. The molecule has 0 aromatic carbocycles. The third-order valence-corrected chi connectivity index (χ3v) is 2.04. The Balaban J connectivity index is 2.20. The molecule has 0 aliphatic rings. The lowest BCUT2D eigenvalue weighted by Gasteiger charge is -2.07. The van der Waals surface area contributed by atoms with Gasteiger partial charge in [0.1, 0.15) is 0 Å². The van der Waals surface area contributed by atoms with Gasteiger partial charge >= 0.3 is 0 Å². The first kappa shape index (κ1) is 10.2. The molecule has 1 aromatic rings. The number of nitrogens with zero attached hydrogens (tertiary/aromatic N) is 2. The van der Waals surface area contributed by atoms with Gasteiger partial charge in [0.15, 0.2) is 5.82 Å². The summed E-state index contributed by atoms with van der Waals surface area (Å²) in [4.78, 5) is 4.09. The Morgan fingerprint density at radius 1 is 1.54 bits per heavy atom. The minimum absolute atomic E-state index is 0.625. The Kier molecular flexibility index (Phi) is 3.89. The molecule has 1 rings (SSSR count). The van der Waals surface area contributed by atoms with Crippen LogP contribution in [0.3, 0.4) is 0 Å². The van der Waals surface area contributed by atoms with Gasteiger partial charge in [-0.05, 0) is 12.5 Å². The molecule has 0 amide bonds. The van der Waals surface area contributed by atoms with E-state index in [9.17, 15) is 0 Å². The van der Waals surface area contributed by atoms with Crippen LogP contribution in [0.4, 0.5) is 0 Å². The molecule has 0 radical (unpaired) electrons. The summed E-state index contributed by atoms with van der Waals surface area (Å²) in [5.41, 5.74) is 0. The predicted octanol–water partition coefficient (Wildman–Crippen LogP) is 1.51. The summed E-state index contributed by atoms with van der Waals surface area (Å²) in [6.45, 7) is 7.90. The zero-order valence-electron chi connectivity index (χ0n) is 8.50. The van der Waals surface area contributed by atoms with Crippen LogP contribution in [0.2, 0.25) is 0 Å². The standard InChI is InChI=1S/C9H17N3O/c1-4-7(2)5-10-6-9-11-8(3)13-12-9/h7,10H,4-6H2,1-3H3. The van der Waals surface area contributed by atoms with Crippen LogP contribution >= 0.6 is 0 Å². The van der Waals surface area contributed by atoms with Crippen molar-refractivity contribution >= 4 is 0 Å². The molecule has 0 saturated carbocycles. The molecule has 1 heterocycles. The van der Waals surface area contributed by atoms with Gasteiger partial charge in [-0.2, -0.15) is 4.98 Å². The zero-order chi connectivity index (χ0) is 9.68. The van der Waals surface area contributed by atoms with Crippen LogP contribution in [0.5, 0.6) is 0 Å². The molecule has 1 unspecified atom stereocenters. The van der Waals surface area contributed by atoms with E-state index in [1.54, 1.807) is 6.92 Å². The molecule has 74 valence electrons. The Morgan fingerprint density at radius 2 is 2.31 bits per heavy atom. The minimum atomic E-state index is 0.625. The maximum absolute atomic E-state index is 4.85. The van der Waals surface area contributed by atoms with E-state index in [1.165, 1.54) is 6.42 Å². The molecular formula is C9H17N3O. The third-order valence-electron chi connectivity index (χ3n) is 2.04. The van der Waals surface area contributed by atoms with Crippen LogP contribution in [0, 0.1) is 12.8 Å². The first-order valence-corrected chi connectivity index (χ1v) is 4.72. The molecule has 13 heavy (non-hydrogen) atoms. The topological polar surface area (TPSA) is 51.0 Å². The number of nitrogens with one attached hydrogen (secondary N) is 1. The van der Waals surface area contributed by atoms with E-state index in [0.29, 0.717) is 18.4 Å². The van der Waals surface area contributed by atoms with Crippen LogP contribution in [-0.2, 0) is 6.54 Å². The highest BCUT2D eigenvalue weighted by molar-refractivity contribution is 4.82. The summed E-state index contributed by atoms with van der Waals surface area (Å²) in [7, 11) is 0. The van der Waals surface area contributed by atoms with Gasteiger partial charge in [0.2, 0.25) is 5.89 Å². The second-order valence-corrected chi connectivity index (χ2v) is 3.37. The average Bonchev–Trinajstić information content (AvgIpc) is 2.51. The molecule has 1 aromatic heterocycles. The van der Waals surface area contributed by atoms with Gasteiger partial charge in [0, 0.05) is 6.92 Å². The fourth-order valence-corrected chi connectivity index (χ4v) is 0.988. The van der Waals surface area contributed by atoms with E-state index in [-0.39, 0.29) is 0 Å². The highest BCUT2D eigenvalue weighted by Gasteiger charge is 2.02. The minimum Gasteiger partial charge on any atom is -0.340 e. The smallest absolute Gasteiger partial charge is 0.223 e. The molecule has 0 aliphatic carbocycles. The quantitative estimate of drug-likeness (QED) is 0.751. The SMILES string of the molecule is CCC(C)CNCc1noc(C)n1. The molecular weight excluding hydrogens is 166 g/mol. The summed E-state index contributed by atoms with van der Waals surface area (Å²) in [5.74, 6) is 2.06. The van der Waals surface area contributed by atoms with Gasteiger partial charge in [-0.1, -0.05) is 25.4 Å². The second-order valence-electron chi connectivity index (χ2n) is 3.37. The van der Waals surface area contributed by atoms with Crippen molar-refractivity contribution in [2.45, 2.75) is 33.7 Å². The number of hydrogen-bond acceptors (Lipinski definition) is 4. The van der Waals surface area contributed by atoms with Gasteiger partial charge in [0.25, 0.3) is 0 Å². The van der Waals surface area contributed by atoms with Gasteiger partial charge < -0.3 is 9.84 Å². The summed E-state index contributed by atoms with van der Waals surface area (Å²) < 4.78 is 4.85. The summed E-state index contributed by atoms with van der Waals surface area (Å²) in [6.07, 6.45) is 1.19. The van der Waals surface area contributed by atoms with Crippen LogP contribution < -0.4 is 5.32 Å². The summed E-state index contributed by atoms with van der Waals surface area (Å²) in [5, 5.41) is 7.07. The first-order valence-electron chi connectivity index (χ1n) is 4.72. The molecule has 1 atom stereocenters. The fourth-order valence-electron chi connectivity index (χ4n) is 0.988. The lowest BCUT2D eigenvalue weighted by atomic mass is 10.1. The van der Waals surface area contributed by atoms with E-state index in [4.69, 9.17) is 4.52 Å². The van der Waals surface area contributed by atoms with Gasteiger partial charge in [-0.25, -0.2) is 0 Å². The van der Waals surface area contributed by atoms with E-state index in [1.807, 2.05) is 0 Å². The molecule has 0 saturated heterocycles. The molecule has 0 aliphatic heterocycles. The lowest BCUT2D eigenvalue weighted by molar-refractivity contribution is 0.384. The van der Waals surface area contributed by atoms with Gasteiger partial charge in [-0.3, -0.25) is 0 Å². The van der Waals surface area contributed by atoms with E-state index in [2.05, 4.69) is 29.3 Å². The number of hydrogen-bond donors (Lipinski definition) is 1. The van der Waals surface area contributed by atoms with E-state index < -0.39 is 0 Å². The molecule has 0 bridgehead atoms. The second kappa shape index (κ2) is 4.97. The summed E-state index contributed by atoms with van der Waals surface area (Å²) in [6, 6.07) is 0. The molecule has 1 N–H and O–H groups in total. The Bertz CT molecular complexity index is 247. The highest BCUT2D eigenvalue weighted by Crippen LogP contribution is 1.98. The maximum atomic E-state index is 4.85. The van der Waals surface area contributed by atoms with E-state index >= 15 is 0 Å². The van der Waals surface area contributed by atoms with Crippen molar-refractivity contribution in [1.82, 2.24) is 15.5 Å². The average molecular weight is 183 g/mol. The van der Waals surface area contributed by atoms with Crippen molar-refractivity contribution in [2.75, 3.05) is 6.54 Å². The normalized spacial score (nSPS) is 13.2. The van der Waals surface area contributed by atoms with Gasteiger partial charge in [-0.15, -0.1) is 0 Å². The largest absolute Gasteiger partial charge is 0.340 e. The Labute approximate surface area is 78.7 Å². The fraction of sp³-hybridized carbons (Fsp3) is 0.778. The first-order chi connectivity index (χ1) is 6.22. The van der Waals surface area contributed by atoms with E-state index in [0.717, 1.165) is 12.4 Å². The lowest BCUT2D eigenvalue weighted by Crippen LogP contribution is -2.20. The van der Waals surface area contributed by atoms with Crippen molar-refractivity contribution in [3.05, 3.63) is 11.7 Å². The molecule has 4 heteroatoms. The van der Waals surface area contributed by atoms with Crippen molar-refractivity contribution in [1.29, 1.82) is 0 Å². The van der Waals surface area contributed by atoms with Crippen LogP contribution in [-0.4, -0.2) is 16.7 Å². The maximum Gasteiger partial charge on any atom is 0.223 e. The van der Waals surface area contributed by atoms with Crippen molar-refractivity contribution < 1.29 is 4.52 Å². The number of aromatic nitrogens is 2. The van der Waals surface area contributed by atoms with Crippen LogP contribution in [0.15, 0.2) is 4.52 Å². The monoisotopic (exact) mass is 183 g/mol. The zero-order valence-corrected chi connectivity index (χ0v) is 8.50. The Morgan fingerprint density at radius 3 is 2.85 bits per heavy atom. The van der Waals surface area contributed by atoms with Crippen LogP contribution in [0.25, 0.3) is 0 Å². The molecule has 4 nitrogen and oxygen atoms in total. The van der Waals surface area contributed by atoms with Gasteiger partial charge in [0.05, 0.1) is 6.54 Å². The molecule has 0 fully saturated rings. The third kappa shape index (κ3) is 3.55. The molecule has 0 spiro atoms. The number of rotatable bonds is 5. The van der Waals surface area contributed by atoms with Crippen molar-refractivity contribution in [2.24, 2.45) is 5.92 Å². The van der Waals surface area contributed by atoms with Crippen LogP contribution in [0.1, 0.15) is 32.0 Å². The highest BCUT2D eigenvalue weighted by atomic mass is 16.5. The predicted molar refractivity (Wildman–Crippen MR) is 50.2 cm³/mol. The summed E-state index contributed by atoms with van der Waals surface area (Å²) >= 11 is 0. The number of aryl methyl sites for hydroxylation is 1. The van der Waals surface area contributed by atoms with Crippen molar-refractivity contribution in [3.63, 3.8) is 0 Å². The van der Waals surface area contributed by atoms with Crippen molar-refractivity contribution in [3.8, 4) is 0 Å².